The van der Waals surface area contributed by atoms with Crippen LogP contribution in [0, 0.1) is 11.7 Å². The van der Waals surface area contributed by atoms with Gasteiger partial charge in [0.05, 0.1) is 4.90 Å². The Morgan fingerprint density at radius 1 is 1.35 bits per heavy atom. The van der Waals surface area contributed by atoms with E-state index in [1.807, 2.05) is 0 Å². The second kappa shape index (κ2) is 6.20. The average Bonchev–Trinajstić information content (AvgIpc) is 2.86. The first-order valence-electron chi connectivity index (χ1n) is 6.88. The molecule has 1 heterocycles. The van der Waals surface area contributed by atoms with Gasteiger partial charge in [-0.1, -0.05) is 0 Å². The summed E-state index contributed by atoms with van der Waals surface area (Å²) in [6, 6.07) is 5.38. The van der Waals surface area contributed by atoms with Gasteiger partial charge in [-0.3, -0.25) is 0 Å². The van der Waals surface area contributed by atoms with Crippen LogP contribution in [0.5, 0.6) is 0 Å². The first-order chi connectivity index (χ1) is 9.38. The van der Waals surface area contributed by atoms with Gasteiger partial charge >= 0.3 is 0 Å². The fourth-order valence-electron chi connectivity index (χ4n) is 2.42. The summed E-state index contributed by atoms with van der Waals surface area (Å²) >= 11 is 0. The molecule has 1 fully saturated rings. The maximum Gasteiger partial charge on any atom is 0.240 e. The van der Waals surface area contributed by atoms with E-state index in [9.17, 15) is 12.8 Å². The van der Waals surface area contributed by atoms with Crippen LogP contribution in [0.25, 0.3) is 0 Å². The van der Waals surface area contributed by atoms with Crippen molar-refractivity contribution in [3.05, 3.63) is 30.1 Å². The van der Waals surface area contributed by atoms with Crippen molar-refractivity contribution in [2.45, 2.75) is 31.2 Å². The molecule has 0 spiro atoms. The highest BCUT2D eigenvalue weighted by Crippen LogP contribution is 2.18. The lowest BCUT2D eigenvalue weighted by Crippen LogP contribution is -2.33. The molecule has 1 aromatic rings. The molecule has 0 bridgehead atoms. The fourth-order valence-corrected chi connectivity index (χ4v) is 3.54. The largest absolute Gasteiger partial charge is 0.301 e. The van der Waals surface area contributed by atoms with Crippen LogP contribution in [-0.2, 0) is 10.0 Å². The predicted molar refractivity (Wildman–Crippen MR) is 76.4 cm³/mol. The number of halogens is 1. The van der Waals surface area contributed by atoms with Gasteiger partial charge in [0.1, 0.15) is 5.82 Å². The number of likely N-dealkylation sites (tertiary alicyclic amines) is 1. The van der Waals surface area contributed by atoms with Crippen LogP contribution in [0.1, 0.15) is 20.3 Å². The maximum atomic E-state index is 12.8. The Labute approximate surface area is 120 Å². The van der Waals surface area contributed by atoms with Crippen molar-refractivity contribution in [3.63, 3.8) is 0 Å². The molecular weight excluding hydrogens is 279 g/mol. The van der Waals surface area contributed by atoms with Crippen molar-refractivity contribution in [2.24, 2.45) is 5.92 Å². The Bertz CT molecular complexity index is 543. The second-order valence-electron chi connectivity index (χ2n) is 5.55. The summed E-state index contributed by atoms with van der Waals surface area (Å²) in [7, 11) is -3.54. The minimum absolute atomic E-state index is 0.109. The zero-order valence-corrected chi connectivity index (χ0v) is 12.7. The van der Waals surface area contributed by atoms with Gasteiger partial charge in [0.15, 0.2) is 0 Å². The monoisotopic (exact) mass is 300 g/mol. The number of nitrogens with one attached hydrogen (secondary N) is 1. The molecule has 20 heavy (non-hydrogen) atoms. The Morgan fingerprint density at radius 3 is 2.55 bits per heavy atom. The summed E-state index contributed by atoms with van der Waals surface area (Å²) in [5, 5.41) is 0. The molecule has 0 aromatic heterocycles. The number of nitrogens with zero attached hydrogens (tertiary/aromatic N) is 1. The van der Waals surface area contributed by atoms with Gasteiger partial charge < -0.3 is 4.90 Å². The molecule has 1 atom stereocenters. The Balaban J connectivity index is 1.92. The van der Waals surface area contributed by atoms with Crippen LogP contribution in [-0.4, -0.2) is 39.0 Å². The first-order valence-corrected chi connectivity index (χ1v) is 8.36. The van der Waals surface area contributed by atoms with E-state index >= 15 is 0 Å². The van der Waals surface area contributed by atoms with E-state index in [1.165, 1.54) is 12.1 Å². The summed E-state index contributed by atoms with van der Waals surface area (Å²) in [6.07, 6.45) is 1.00. The number of sulfonamides is 1. The predicted octanol–water partition coefficient (Wildman–Crippen LogP) is 1.83. The third-order valence-electron chi connectivity index (χ3n) is 3.73. The molecule has 2 rings (SSSR count). The van der Waals surface area contributed by atoms with Crippen LogP contribution in [0.4, 0.5) is 4.39 Å². The average molecular weight is 300 g/mol. The van der Waals surface area contributed by atoms with Crippen LogP contribution in [0.15, 0.2) is 29.2 Å². The molecular formula is C14H21FN2O2S. The third kappa shape index (κ3) is 3.77. The van der Waals surface area contributed by atoms with E-state index in [0.29, 0.717) is 18.5 Å². The van der Waals surface area contributed by atoms with E-state index < -0.39 is 15.8 Å². The number of hydrogen-bond donors (Lipinski definition) is 1. The van der Waals surface area contributed by atoms with Gasteiger partial charge in [-0.2, -0.15) is 0 Å². The van der Waals surface area contributed by atoms with E-state index in [2.05, 4.69) is 23.5 Å². The molecule has 1 aliphatic rings. The van der Waals surface area contributed by atoms with Crippen molar-refractivity contribution in [3.8, 4) is 0 Å². The first kappa shape index (κ1) is 15.4. The quantitative estimate of drug-likeness (QED) is 0.902. The van der Waals surface area contributed by atoms with Crippen molar-refractivity contribution < 1.29 is 12.8 Å². The number of hydrogen-bond acceptors (Lipinski definition) is 3. The number of benzene rings is 1. The minimum atomic E-state index is -3.54. The lowest BCUT2D eigenvalue weighted by molar-refractivity contribution is 0.265. The summed E-state index contributed by atoms with van der Waals surface area (Å²) in [5.74, 6) is -0.0973. The van der Waals surface area contributed by atoms with Crippen LogP contribution >= 0.6 is 0 Å². The Morgan fingerprint density at radius 2 is 2.00 bits per heavy atom. The van der Waals surface area contributed by atoms with Gasteiger partial charge in [0, 0.05) is 19.1 Å². The highest BCUT2D eigenvalue weighted by atomic mass is 32.2. The fraction of sp³-hybridized carbons (Fsp3) is 0.571. The van der Waals surface area contributed by atoms with Gasteiger partial charge in [0.2, 0.25) is 10.0 Å². The summed E-state index contributed by atoms with van der Waals surface area (Å²) in [5.41, 5.74) is 0. The summed E-state index contributed by atoms with van der Waals surface area (Å²) in [4.78, 5) is 2.45. The van der Waals surface area contributed by atoms with E-state index in [1.54, 1.807) is 0 Å². The van der Waals surface area contributed by atoms with Crippen LogP contribution in [0.2, 0.25) is 0 Å². The topological polar surface area (TPSA) is 49.4 Å². The summed E-state index contributed by atoms with van der Waals surface area (Å²) in [6.45, 7) is 6.66. The second-order valence-corrected chi connectivity index (χ2v) is 7.32. The van der Waals surface area contributed by atoms with Gasteiger partial charge in [-0.15, -0.1) is 0 Å². The molecule has 0 aliphatic carbocycles. The normalized spacial score (nSPS) is 20.7. The summed E-state index contributed by atoms with van der Waals surface area (Å²) < 4.78 is 39.6. The van der Waals surface area contributed by atoms with Crippen molar-refractivity contribution in [1.29, 1.82) is 0 Å². The Hall–Kier alpha value is -0.980. The maximum absolute atomic E-state index is 12.8. The molecule has 6 heteroatoms. The van der Waals surface area contributed by atoms with Crippen molar-refractivity contribution in [2.75, 3.05) is 19.6 Å². The number of rotatable bonds is 5. The van der Waals surface area contributed by atoms with Gasteiger partial charge in [-0.05, 0) is 57.0 Å². The Kier molecular flexibility index (Phi) is 4.78. The molecule has 0 saturated carbocycles. The van der Waals surface area contributed by atoms with Gasteiger partial charge in [0.25, 0.3) is 0 Å². The third-order valence-corrected chi connectivity index (χ3v) is 5.17. The van der Waals surface area contributed by atoms with Gasteiger partial charge in [-0.25, -0.2) is 17.5 Å². The lowest BCUT2D eigenvalue weighted by atomic mass is 10.1. The minimum Gasteiger partial charge on any atom is -0.301 e. The zero-order chi connectivity index (χ0) is 14.8. The molecule has 1 aromatic carbocycles. The van der Waals surface area contributed by atoms with E-state index in [4.69, 9.17) is 0 Å². The molecule has 0 radical (unpaired) electrons. The molecule has 0 amide bonds. The van der Waals surface area contributed by atoms with Crippen molar-refractivity contribution >= 4 is 10.0 Å². The standard InChI is InChI=1S/C14H21FN2O2S/c1-11(2)17-8-7-12(10-17)9-16-20(18,19)14-5-3-13(15)4-6-14/h3-6,11-12,16H,7-10H2,1-2H3. The van der Waals surface area contributed by atoms with Crippen LogP contribution < -0.4 is 4.72 Å². The SMILES string of the molecule is CC(C)N1CCC(CNS(=O)(=O)c2ccc(F)cc2)C1. The highest BCUT2D eigenvalue weighted by Gasteiger charge is 2.25. The molecule has 1 unspecified atom stereocenters. The molecule has 1 aliphatic heterocycles. The smallest absolute Gasteiger partial charge is 0.240 e. The van der Waals surface area contributed by atoms with Crippen molar-refractivity contribution in [1.82, 2.24) is 9.62 Å². The van der Waals surface area contributed by atoms with Crippen LogP contribution in [0.3, 0.4) is 0 Å². The molecule has 112 valence electrons. The zero-order valence-electron chi connectivity index (χ0n) is 11.8. The highest BCUT2D eigenvalue weighted by molar-refractivity contribution is 7.89. The molecule has 1 N–H and O–H groups in total. The molecule has 4 nitrogen and oxygen atoms in total. The van der Waals surface area contributed by atoms with E-state index in [-0.39, 0.29) is 4.90 Å². The van der Waals surface area contributed by atoms with E-state index in [0.717, 1.165) is 31.6 Å². The lowest BCUT2D eigenvalue weighted by Gasteiger charge is -2.20. The molecule has 1 saturated heterocycles.